The fraction of sp³-hybridized carbons (Fsp3) is 0.545. The van der Waals surface area contributed by atoms with Gasteiger partial charge in [-0.1, -0.05) is 5.21 Å². The van der Waals surface area contributed by atoms with Crippen LogP contribution in [0.4, 0.5) is 4.39 Å². The minimum absolute atomic E-state index is 0.0176. The summed E-state index contributed by atoms with van der Waals surface area (Å²) in [6, 6.07) is 4.32. The van der Waals surface area contributed by atoms with Crippen LogP contribution in [0.2, 0.25) is 0 Å². The fourth-order valence-corrected chi connectivity index (χ4v) is 4.25. The number of piperidine rings is 1. The molecule has 1 unspecified atom stereocenters. The van der Waals surface area contributed by atoms with E-state index in [0.717, 1.165) is 19.3 Å². The number of methoxy groups -OCH3 is 1. The summed E-state index contributed by atoms with van der Waals surface area (Å²) in [4.78, 5) is 29.2. The van der Waals surface area contributed by atoms with Crippen LogP contribution in [0.15, 0.2) is 24.4 Å². The maximum Gasteiger partial charge on any atom is 0.276 e. The molecule has 2 aromatic rings. The first kappa shape index (κ1) is 22.2. The smallest absolute Gasteiger partial charge is 0.276 e. The molecular weight excluding hydrogens is 417 g/mol. The van der Waals surface area contributed by atoms with Crippen LogP contribution in [-0.2, 0) is 11.3 Å². The topological polar surface area (TPSA) is 89.8 Å². The average molecular weight is 445 g/mol. The maximum atomic E-state index is 14.1. The van der Waals surface area contributed by atoms with Crippen LogP contribution < -0.4 is 4.74 Å². The number of carbonyl (C=O) groups is 2. The van der Waals surface area contributed by atoms with Crippen molar-refractivity contribution in [1.29, 1.82) is 0 Å². The van der Waals surface area contributed by atoms with Crippen LogP contribution in [0.5, 0.6) is 5.75 Å². The van der Waals surface area contributed by atoms with E-state index in [1.807, 2.05) is 4.90 Å². The van der Waals surface area contributed by atoms with Crippen molar-refractivity contribution in [1.82, 2.24) is 24.8 Å². The molecule has 3 heterocycles. The molecule has 2 aliphatic heterocycles. The second-order valence-electron chi connectivity index (χ2n) is 8.06. The Morgan fingerprint density at radius 1 is 1.19 bits per heavy atom. The standard InChI is InChI=1S/C22H28FN5O4/c1-31-20-6-5-16(14-18(20)23)21(29)28-8-3-2-4-17(28)7-9-27-15-19(24-25-27)22(30)26-10-12-32-13-11-26/h5-6,14-15,17H,2-4,7-13H2,1H3. The van der Waals surface area contributed by atoms with E-state index in [9.17, 15) is 14.0 Å². The van der Waals surface area contributed by atoms with Gasteiger partial charge < -0.3 is 19.3 Å². The van der Waals surface area contributed by atoms with Gasteiger partial charge in [-0.25, -0.2) is 4.39 Å². The number of aryl methyl sites for hydroxylation is 1. The first-order valence-electron chi connectivity index (χ1n) is 11.0. The molecule has 2 aliphatic rings. The first-order chi connectivity index (χ1) is 15.6. The quantitative estimate of drug-likeness (QED) is 0.676. The molecule has 4 rings (SSSR count). The lowest BCUT2D eigenvalue weighted by Crippen LogP contribution is -2.44. The third-order valence-electron chi connectivity index (χ3n) is 6.03. The molecule has 172 valence electrons. The highest BCUT2D eigenvalue weighted by molar-refractivity contribution is 5.94. The molecule has 9 nitrogen and oxygen atoms in total. The van der Waals surface area contributed by atoms with E-state index >= 15 is 0 Å². The molecule has 0 spiro atoms. The van der Waals surface area contributed by atoms with Gasteiger partial charge in [-0.05, 0) is 43.9 Å². The lowest BCUT2D eigenvalue weighted by atomic mass is 9.98. The van der Waals surface area contributed by atoms with Gasteiger partial charge in [0, 0.05) is 37.8 Å². The Balaban J connectivity index is 1.38. The van der Waals surface area contributed by atoms with E-state index in [1.54, 1.807) is 21.8 Å². The molecule has 2 amide bonds. The van der Waals surface area contributed by atoms with E-state index in [0.29, 0.717) is 57.1 Å². The van der Waals surface area contributed by atoms with Crippen molar-refractivity contribution in [2.75, 3.05) is 40.0 Å². The minimum atomic E-state index is -0.549. The number of amides is 2. The van der Waals surface area contributed by atoms with Gasteiger partial charge >= 0.3 is 0 Å². The molecule has 0 bridgehead atoms. The van der Waals surface area contributed by atoms with Gasteiger partial charge in [0.25, 0.3) is 11.8 Å². The van der Waals surface area contributed by atoms with Gasteiger partial charge in [0.15, 0.2) is 17.3 Å². The third kappa shape index (κ3) is 4.90. The monoisotopic (exact) mass is 445 g/mol. The summed E-state index contributed by atoms with van der Waals surface area (Å²) in [5.41, 5.74) is 0.631. The molecule has 2 saturated heterocycles. The zero-order valence-corrected chi connectivity index (χ0v) is 18.2. The molecule has 1 atom stereocenters. The van der Waals surface area contributed by atoms with E-state index in [2.05, 4.69) is 10.3 Å². The third-order valence-corrected chi connectivity index (χ3v) is 6.03. The summed E-state index contributed by atoms with van der Waals surface area (Å²) in [6.45, 7) is 3.34. The van der Waals surface area contributed by atoms with Gasteiger partial charge in [-0.15, -0.1) is 5.10 Å². The largest absolute Gasteiger partial charge is 0.494 e. The number of halogens is 1. The number of hydrogen-bond acceptors (Lipinski definition) is 6. The van der Waals surface area contributed by atoms with Gasteiger partial charge in [-0.3, -0.25) is 14.3 Å². The van der Waals surface area contributed by atoms with Gasteiger partial charge in [0.05, 0.1) is 26.5 Å². The van der Waals surface area contributed by atoms with Crippen molar-refractivity contribution < 1.29 is 23.5 Å². The zero-order valence-electron chi connectivity index (χ0n) is 18.2. The fourth-order valence-electron chi connectivity index (χ4n) is 4.25. The second-order valence-corrected chi connectivity index (χ2v) is 8.06. The van der Waals surface area contributed by atoms with Gasteiger partial charge in [-0.2, -0.15) is 0 Å². The summed E-state index contributed by atoms with van der Waals surface area (Å²) in [6.07, 6.45) is 5.16. The maximum absolute atomic E-state index is 14.1. The molecule has 0 saturated carbocycles. The first-order valence-corrected chi connectivity index (χ1v) is 11.0. The van der Waals surface area contributed by atoms with E-state index in [-0.39, 0.29) is 23.6 Å². The Morgan fingerprint density at radius 2 is 2.00 bits per heavy atom. The average Bonchev–Trinajstić information content (AvgIpc) is 3.31. The van der Waals surface area contributed by atoms with Crippen LogP contribution >= 0.6 is 0 Å². The number of nitrogens with zero attached hydrogens (tertiary/aromatic N) is 5. The van der Waals surface area contributed by atoms with Crippen LogP contribution in [0, 0.1) is 5.82 Å². The van der Waals surface area contributed by atoms with E-state index < -0.39 is 5.82 Å². The van der Waals surface area contributed by atoms with Gasteiger partial charge in [0.1, 0.15) is 0 Å². The summed E-state index contributed by atoms with van der Waals surface area (Å²) < 4.78 is 26.0. The van der Waals surface area contributed by atoms with Crippen molar-refractivity contribution in [3.05, 3.63) is 41.5 Å². The number of carbonyl (C=O) groups excluding carboxylic acids is 2. The van der Waals surface area contributed by atoms with Crippen LogP contribution in [-0.4, -0.2) is 82.6 Å². The highest BCUT2D eigenvalue weighted by Crippen LogP contribution is 2.25. The lowest BCUT2D eigenvalue weighted by molar-refractivity contribution is 0.0299. The van der Waals surface area contributed by atoms with Gasteiger partial charge in [0.2, 0.25) is 0 Å². The summed E-state index contributed by atoms with van der Waals surface area (Å²) in [5, 5.41) is 8.13. The zero-order chi connectivity index (χ0) is 22.5. The number of benzene rings is 1. The summed E-state index contributed by atoms with van der Waals surface area (Å²) >= 11 is 0. The van der Waals surface area contributed by atoms with Crippen molar-refractivity contribution in [3.63, 3.8) is 0 Å². The predicted octanol–water partition coefficient (Wildman–Crippen LogP) is 1.98. The molecular formula is C22H28FN5O4. The minimum Gasteiger partial charge on any atom is -0.494 e. The Kier molecular flexibility index (Phi) is 6.99. The molecule has 0 aliphatic carbocycles. The Hall–Kier alpha value is -3.01. The van der Waals surface area contributed by atoms with Crippen molar-refractivity contribution in [3.8, 4) is 5.75 Å². The molecule has 0 N–H and O–H groups in total. The molecule has 32 heavy (non-hydrogen) atoms. The highest BCUT2D eigenvalue weighted by atomic mass is 19.1. The van der Waals surface area contributed by atoms with Crippen LogP contribution in [0.3, 0.4) is 0 Å². The Labute approximate surface area is 186 Å². The molecule has 2 fully saturated rings. The molecule has 10 heteroatoms. The number of ether oxygens (including phenoxy) is 2. The van der Waals surface area contributed by atoms with Crippen molar-refractivity contribution in [2.24, 2.45) is 0 Å². The normalized spacial score (nSPS) is 19.1. The van der Waals surface area contributed by atoms with E-state index in [1.165, 1.54) is 19.2 Å². The Morgan fingerprint density at radius 3 is 2.75 bits per heavy atom. The molecule has 1 aromatic carbocycles. The Bertz CT molecular complexity index is 960. The number of morpholine rings is 1. The van der Waals surface area contributed by atoms with Crippen LogP contribution in [0.1, 0.15) is 46.5 Å². The number of aromatic nitrogens is 3. The molecule has 1 aromatic heterocycles. The molecule has 0 radical (unpaired) electrons. The lowest BCUT2D eigenvalue weighted by Gasteiger charge is -2.36. The second kappa shape index (κ2) is 10.1. The van der Waals surface area contributed by atoms with Crippen molar-refractivity contribution >= 4 is 11.8 Å². The van der Waals surface area contributed by atoms with Crippen LogP contribution in [0.25, 0.3) is 0 Å². The number of rotatable bonds is 6. The summed E-state index contributed by atoms with van der Waals surface area (Å²) in [7, 11) is 1.39. The van der Waals surface area contributed by atoms with Crippen molar-refractivity contribution in [2.45, 2.75) is 38.3 Å². The number of likely N-dealkylation sites (tertiary alicyclic amines) is 1. The van der Waals surface area contributed by atoms with E-state index in [4.69, 9.17) is 9.47 Å². The predicted molar refractivity (Wildman–Crippen MR) is 113 cm³/mol. The number of hydrogen-bond donors (Lipinski definition) is 0. The SMILES string of the molecule is COc1ccc(C(=O)N2CCCCC2CCn2cc(C(=O)N3CCOCC3)nn2)cc1F. The summed E-state index contributed by atoms with van der Waals surface area (Å²) in [5.74, 6) is -0.758. The highest BCUT2D eigenvalue weighted by Gasteiger charge is 2.28.